The summed E-state index contributed by atoms with van der Waals surface area (Å²) in [7, 11) is 0. The minimum atomic E-state index is -0.797. The molecule has 2 heterocycles. The molecule has 29 heavy (non-hydrogen) atoms. The molecule has 0 aliphatic rings. The van der Waals surface area contributed by atoms with Crippen LogP contribution in [0.5, 0.6) is 5.75 Å². The van der Waals surface area contributed by atoms with Crippen LogP contribution in [0.1, 0.15) is 15.9 Å². The SMILES string of the molecule is Cc1cc(NC(=O)c2c(O)c3cccnc3n(-c3ccccc3)c2=O)ccc1F. The number of aromatic hydroxyl groups is 1. The number of hydrogen-bond acceptors (Lipinski definition) is 4. The third-order valence-corrected chi connectivity index (χ3v) is 4.56. The van der Waals surface area contributed by atoms with E-state index in [-0.39, 0.29) is 11.0 Å². The van der Waals surface area contributed by atoms with Crippen LogP contribution in [0, 0.1) is 12.7 Å². The number of para-hydroxylation sites is 1. The summed E-state index contributed by atoms with van der Waals surface area (Å²) >= 11 is 0. The fourth-order valence-corrected chi connectivity index (χ4v) is 3.14. The summed E-state index contributed by atoms with van der Waals surface area (Å²) in [5.74, 6) is -1.66. The number of anilines is 1. The molecule has 4 rings (SSSR count). The van der Waals surface area contributed by atoms with E-state index in [2.05, 4.69) is 10.3 Å². The first-order chi connectivity index (χ1) is 14.0. The van der Waals surface area contributed by atoms with Crippen LogP contribution in [0.4, 0.5) is 10.1 Å². The molecule has 0 fully saturated rings. The summed E-state index contributed by atoms with van der Waals surface area (Å²) in [6, 6.07) is 16.0. The summed E-state index contributed by atoms with van der Waals surface area (Å²) < 4.78 is 14.8. The Hall–Kier alpha value is -4.00. The first kappa shape index (κ1) is 18.4. The molecular formula is C22H16FN3O3. The number of nitrogens with one attached hydrogen (secondary N) is 1. The van der Waals surface area contributed by atoms with E-state index in [1.54, 1.807) is 49.4 Å². The molecule has 0 atom stereocenters. The molecule has 7 heteroatoms. The van der Waals surface area contributed by atoms with E-state index < -0.39 is 28.6 Å². The summed E-state index contributed by atoms with van der Waals surface area (Å²) in [4.78, 5) is 30.3. The number of amides is 1. The fourth-order valence-electron chi connectivity index (χ4n) is 3.14. The van der Waals surface area contributed by atoms with Crippen LogP contribution >= 0.6 is 0 Å². The Labute approximate surface area is 164 Å². The van der Waals surface area contributed by atoms with Crippen molar-refractivity contribution in [2.75, 3.05) is 5.32 Å². The standard InChI is InChI=1S/C22H16FN3O3/c1-13-12-14(9-10-17(13)23)25-21(28)18-19(27)16-8-5-11-24-20(16)26(22(18)29)15-6-3-2-4-7-15/h2-12,27H,1H3,(H,25,28). The molecule has 2 aromatic carbocycles. The largest absolute Gasteiger partial charge is 0.506 e. The summed E-state index contributed by atoms with van der Waals surface area (Å²) in [5.41, 5.74) is 0.262. The van der Waals surface area contributed by atoms with Gasteiger partial charge in [0.05, 0.1) is 11.1 Å². The van der Waals surface area contributed by atoms with Crippen molar-refractivity contribution in [3.05, 3.63) is 94.2 Å². The van der Waals surface area contributed by atoms with Crippen LogP contribution in [-0.4, -0.2) is 20.6 Å². The maximum Gasteiger partial charge on any atom is 0.273 e. The highest BCUT2D eigenvalue weighted by Crippen LogP contribution is 2.27. The number of hydrogen-bond donors (Lipinski definition) is 2. The van der Waals surface area contributed by atoms with E-state index in [1.165, 1.54) is 29.0 Å². The van der Waals surface area contributed by atoms with Gasteiger partial charge in [0, 0.05) is 11.9 Å². The first-order valence-corrected chi connectivity index (χ1v) is 8.83. The molecule has 0 aliphatic heterocycles. The number of carbonyl (C=O) groups excluding carboxylic acids is 1. The second-order valence-electron chi connectivity index (χ2n) is 6.49. The van der Waals surface area contributed by atoms with Crippen molar-refractivity contribution in [2.45, 2.75) is 6.92 Å². The van der Waals surface area contributed by atoms with E-state index >= 15 is 0 Å². The van der Waals surface area contributed by atoms with Gasteiger partial charge in [-0.05, 0) is 55.0 Å². The Morgan fingerprint density at radius 3 is 2.59 bits per heavy atom. The van der Waals surface area contributed by atoms with Crippen molar-refractivity contribution in [3.8, 4) is 11.4 Å². The number of pyridine rings is 2. The maximum absolute atomic E-state index is 13.5. The monoisotopic (exact) mass is 389 g/mol. The zero-order chi connectivity index (χ0) is 20.5. The van der Waals surface area contributed by atoms with Crippen LogP contribution in [-0.2, 0) is 0 Å². The van der Waals surface area contributed by atoms with Crippen molar-refractivity contribution >= 4 is 22.6 Å². The van der Waals surface area contributed by atoms with Gasteiger partial charge in [0.2, 0.25) is 0 Å². The molecule has 2 N–H and O–H groups in total. The Morgan fingerprint density at radius 1 is 1.10 bits per heavy atom. The Balaban J connectivity index is 1.91. The number of fused-ring (bicyclic) bond motifs is 1. The van der Waals surface area contributed by atoms with Gasteiger partial charge in [0.25, 0.3) is 11.5 Å². The lowest BCUT2D eigenvalue weighted by Gasteiger charge is -2.14. The molecule has 4 aromatic rings. The Kier molecular flexibility index (Phi) is 4.56. The van der Waals surface area contributed by atoms with Crippen molar-refractivity contribution in [1.82, 2.24) is 9.55 Å². The average molecular weight is 389 g/mol. The summed E-state index contributed by atoms with van der Waals surface area (Å²) in [6.07, 6.45) is 1.50. The number of aryl methyl sites for hydroxylation is 1. The van der Waals surface area contributed by atoms with Crippen LogP contribution in [0.2, 0.25) is 0 Å². The van der Waals surface area contributed by atoms with E-state index in [1.807, 2.05) is 0 Å². The molecule has 0 aliphatic carbocycles. The second kappa shape index (κ2) is 7.20. The van der Waals surface area contributed by atoms with E-state index in [0.29, 0.717) is 16.9 Å². The predicted molar refractivity (Wildman–Crippen MR) is 108 cm³/mol. The van der Waals surface area contributed by atoms with Crippen LogP contribution in [0.15, 0.2) is 71.7 Å². The van der Waals surface area contributed by atoms with Crippen LogP contribution in [0.3, 0.4) is 0 Å². The van der Waals surface area contributed by atoms with Gasteiger partial charge >= 0.3 is 0 Å². The third kappa shape index (κ3) is 3.23. The van der Waals surface area contributed by atoms with Crippen LogP contribution in [0.25, 0.3) is 16.7 Å². The Bertz CT molecular complexity index is 1300. The highest BCUT2D eigenvalue weighted by Gasteiger charge is 2.23. The van der Waals surface area contributed by atoms with Crippen molar-refractivity contribution in [2.24, 2.45) is 0 Å². The van der Waals surface area contributed by atoms with Gasteiger partial charge in [0.15, 0.2) is 5.65 Å². The van der Waals surface area contributed by atoms with Crippen molar-refractivity contribution < 1.29 is 14.3 Å². The zero-order valence-electron chi connectivity index (χ0n) is 15.4. The number of rotatable bonds is 3. The van der Waals surface area contributed by atoms with Gasteiger partial charge in [-0.15, -0.1) is 0 Å². The van der Waals surface area contributed by atoms with Gasteiger partial charge in [-0.25, -0.2) is 9.37 Å². The van der Waals surface area contributed by atoms with E-state index in [4.69, 9.17) is 0 Å². The second-order valence-corrected chi connectivity index (χ2v) is 6.49. The molecule has 0 unspecified atom stereocenters. The quantitative estimate of drug-likeness (QED) is 0.558. The number of benzene rings is 2. The lowest BCUT2D eigenvalue weighted by Crippen LogP contribution is -2.29. The molecule has 1 amide bonds. The molecule has 0 spiro atoms. The van der Waals surface area contributed by atoms with E-state index in [9.17, 15) is 19.1 Å². The minimum absolute atomic E-state index is 0.232. The minimum Gasteiger partial charge on any atom is -0.506 e. The summed E-state index contributed by atoms with van der Waals surface area (Å²) in [5, 5.41) is 13.5. The molecule has 0 saturated carbocycles. The lowest BCUT2D eigenvalue weighted by molar-refractivity contribution is 0.102. The number of carbonyl (C=O) groups is 1. The first-order valence-electron chi connectivity index (χ1n) is 8.83. The lowest BCUT2D eigenvalue weighted by atomic mass is 10.1. The highest BCUT2D eigenvalue weighted by atomic mass is 19.1. The van der Waals surface area contributed by atoms with Gasteiger partial charge < -0.3 is 10.4 Å². The smallest absolute Gasteiger partial charge is 0.273 e. The predicted octanol–water partition coefficient (Wildman–Crippen LogP) is 3.79. The highest BCUT2D eigenvalue weighted by molar-refractivity contribution is 6.09. The number of aromatic nitrogens is 2. The molecular weight excluding hydrogens is 373 g/mol. The molecule has 0 radical (unpaired) electrons. The van der Waals surface area contributed by atoms with Crippen LogP contribution < -0.4 is 10.9 Å². The maximum atomic E-state index is 13.5. The molecule has 2 aromatic heterocycles. The van der Waals surface area contributed by atoms with Gasteiger partial charge in [-0.2, -0.15) is 0 Å². The van der Waals surface area contributed by atoms with Crippen molar-refractivity contribution in [3.63, 3.8) is 0 Å². The zero-order valence-corrected chi connectivity index (χ0v) is 15.4. The van der Waals surface area contributed by atoms with E-state index in [0.717, 1.165) is 0 Å². The Morgan fingerprint density at radius 2 is 1.86 bits per heavy atom. The topological polar surface area (TPSA) is 84.2 Å². The fraction of sp³-hybridized carbons (Fsp3) is 0.0455. The van der Waals surface area contributed by atoms with Gasteiger partial charge in [-0.3, -0.25) is 14.2 Å². The molecule has 6 nitrogen and oxygen atoms in total. The van der Waals surface area contributed by atoms with Gasteiger partial charge in [-0.1, -0.05) is 18.2 Å². The molecule has 144 valence electrons. The molecule has 0 bridgehead atoms. The number of halogens is 1. The average Bonchev–Trinajstić information content (AvgIpc) is 2.72. The normalized spacial score (nSPS) is 10.8. The summed E-state index contributed by atoms with van der Waals surface area (Å²) in [6.45, 7) is 1.56. The molecule has 0 saturated heterocycles. The van der Waals surface area contributed by atoms with Crippen molar-refractivity contribution in [1.29, 1.82) is 0 Å². The number of nitrogens with zero attached hydrogens (tertiary/aromatic N) is 2. The third-order valence-electron chi connectivity index (χ3n) is 4.56. The van der Waals surface area contributed by atoms with Gasteiger partial charge in [0.1, 0.15) is 17.1 Å².